The first-order chi connectivity index (χ1) is 14.2. The van der Waals surface area contributed by atoms with E-state index in [2.05, 4.69) is 55.4 Å². The van der Waals surface area contributed by atoms with Gasteiger partial charge in [0.25, 0.3) is 0 Å². The molecule has 4 nitrogen and oxygen atoms in total. The van der Waals surface area contributed by atoms with Gasteiger partial charge in [0.1, 0.15) is 23.0 Å². The monoisotopic (exact) mass is 424 g/mol. The van der Waals surface area contributed by atoms with E-state index >= 15 is 0 Å². The molecule has 0 aromatic heterocycles. The quantitative estimate of drug-likeness (QED) is 0.472. The van der Waals surface area contributed by atoms with E-state index < -0.39 is 16.2 Å². The van der Waals surface area contributed by atoms with E-state index in [1.165, 1.54) is 12.1 Å². The van der Waals surface area contributed by atoms with Crippen molar-refractivity contribution >= 4 is 0 Å². The number of fused-ring (bicyclic) bond motifs is 4. The highest BCUT2D eigenvalue weighted by atomic mass is 16.3. The number of phenols is 4. The summed E-state index contributed by atoms with van der Waals surface area (Å²) >= 11 is 0. The van der Waals surface area contributed by atoms with E-state index in [4.69, 9.17) is 0 Å². The van der Waals surface area contributed by atoms with Gasteiger partial charge in [-0.2, -0.15) is 0 Å². The molecule has 0 radical (unpaired) electrons. The van der Waals surface area contributed by atoms with Gasteiger partial charge in [0.2, 0.25) is 0 Å². The lowest BCUT2D eigenvalue weighted by Crippen LogP contribution is -2.50. The summed E-state index contributed by atoms with van der Waals surface area (Å²) in [6.45, 7) is 17.5. The van der Waals surface area contributed by atoms with Gasteiger partial charge in [-0.15, -0.1) is 0 Å². The van der Waals surface area contributed by atoms with Crippen molar-refractivity contribution < 1.29 is 20.4 Å². The van der Waals surface area contributed by atoms with Crippen LogP contribution in [0.3, 0.4) is 0 Å². The zero-order chi connectivity index (χ0) is 23.3. The fraction of sp³-hybridized carbons (Fsp3) is 0.556. The van der Waals surface area contributed by atoms with Crippen LogP contribution >= 0.6 is 0 Å². The van der Waals surface area contributed by atoms with Crippen LogP contribution < -0.4 is 0 Å². The first-order valence-corrected chi connectivity index (χ1v) is 11.3. The summed E-state index contributed by atoms with van der Waals surface area (Å²) < 4.78 is 0. The van der Waals surface area contributed by atoms with E-state index in [0.717, 1.165) is 28.7 Å². The van der Waals surface area contributed by atoms with Gasteiger partial charge in [-0.25, -0.2) is 0 Å². The predicted molar refractivity (Wildman–Crippen MR) is 123 cm³/mol. The molecule has 1 spiro atoms. The minimum absolute atomic E-state index is 0.0254. The summed E-state index contributed by atoms with van der Waals surface area (Å²) in [7, 11) is 0. The molecule has 2 aromatic rings. The molecule has 168 valence electrons. The van der Waals surface area contributed by atoms with Crippen molar-refractivity contribution in [1.29, 1.82) is 0 Å². The normalized spacial score (nSPS) is 30.9. The van der Waals surface area contributed by atoms with Gasteiger partial charge < -0.3 is 20.4 Å². The van der Waals surface area contributed by atoms with Crippen molar-refractivity contribution in [2.75, 3.05) is 0 Å². The number of phenolic OH excluding ortho intramolecular Hbond substituents is 4. The van der Waals surface area contributed by atoms with Gasteiger partial charge in [-0.3, -0.25) is 0 Å². The molecule has 0 heterocycles. The Kier molecular flexibility index (Phi) is 4.31. The number of aromatic hydroxyl groups is 4. The van der Waals surface area contributed by atoms with Crippen LogP contribution in [0.15, 0.2) is 24.3 Å². The van der Waals surface area contributed by atoms with Crippen LogP contribution in [0.4, 0.5) is 0 Å². The number of hydrogen-bond donors (Lipinski definition) is 4. The molecule has 0 bridgehead atoms. The van der Waals surface area contributed by atoms with Crippen molar-refractivity contribution in [3.63, 3.8) is 0 Å². The van der Waals surface area contributed by atoms with E-state index in [1.807, 2.05) is 0 Å². The number of benzene rings is 2. The maximum atomic E-state index is 11.3. The predicted octanol–water partition coefficient (Wildman–Crippen LogP) is 6.07. The van der Waals surface area contributed by atoms with Gasteiger partial charge in [0.05, 0.1) is 0 Å². The Morgan fingerprint density at radius 3 is 1.65 bits per heavy atom. The maximum absolute atomic E-state index is 11.3. The molecular weight excluding hydrogens is 388 g/mol. The fourth-order valence-electron chi connectivity index (χ4n) is 7.12. The van der Waals surface area contributed by atoms with Gasteiger partial charge >= 0.3 is 0 Å². The Morgan fingerprint density at radius 1 is 0.677 bits per heavy atom. The van der Waals surface area contributed by atoms with Crippen LogP contribution in [0.5, 0.6) is 23.0 Å². The van der Waals surface area contributed by atoms with Crippen molar-refractivity contribution in [3.05, 3.63) is 46.5 Å². The molecule has 3 unspecified atom stereocenters. The standard InChI is InChI=1S/C27H36O4/c1-14(2)25(7)13-27(23-18(25)9-16(28)12-21(23)31)19-10-17(29)11-20(30)22(19)26(8,15(3)4)24(27,5)6/h9-12,14-15,28-31H,13H2,1-8H3. The van der Waals surface area contributed by atoms with Crippen molar-refractivity contribution in [1.82, 2.24) is 0 Å². The molecule has 0 fully saturated rings. The number of hydrogen-bond acceptors (Lipinski definition) is 4. The smallest absolute Gasteiger partial charge is 0.123 e. The third-order valence-corrected chi connectivity index (χ3v) is 9.65. The maximum Gasteiger partial charge on any atom is 0.123 e. The van der Waals surface area contributed by atoms with E-state index in [0.29, 0.717) is 0 Å². The van der Waals surface area contributed by atoms with Gasteiger partial charge in [-0.1, -0.05) is 55.4 Å². The molecule has 0 aliphatic heterocycles. The van der Waals surface area contributed by atoms with Crippen molar-refractivity contribution in [2.24, 2.45) is 17.3 Å². The topological polar surface area (TPSA) is 80.9 Å². The van der Waals surface area contributed by atoms with Crippen LogP contribution in [0.25, 0.3) is 0 Å². The molecule has 2 aromatic carbocycles. The van der Waals surface area contributed by atoms with Crippen LogP contribution in [0.2, 0.25) is 0 Å². The van der Waals surface area contributed by atoms with E-state index in [-0.39, 0.29) is 40.2 Å². The van der Waals surface area contributed by atoms with Crippen LogP contribution in [-0.4, -0.2) is 20.4 Å². The van der Waals surface area contributed by atoms with Crippen LogP contribution in [0, 0.1) is 17.3 Å². The molecule has 0 amide bonds. The summed E-state index contributed by atoms with van der Waals surface area (Å²) in [5.74, 6) is 0.718. The minimum atomic E-state index is -0.635. The van der Waals surface area contributed by atoms with E-state index in [9.17, 15) is 20.4 Å². The molecule has 3 atom stereocenters. The first kappa shape index (κ1) is 21.9. The molecule has 2 aliphatic rings. The van der Waals surface area contributed by atoms with Gasteiger partial charge in [0, 0.05) is 34.1 Å². The first-order valence-electron chi connectivity index (χ1n) is 11.3. The third-order valence-electron chi connectivity index (χ3n) is 9.65. The Balaban J connectivity index is 2.24. The molecule has 0 saturated carbocycles. The Morgan fingerprint density at radius 2 is 1.16 bits per heavy atom. The highest BCUT2D eigenvalue weighted by Gasteiger charge is 2.70. The second-order valence-corrected chi connectivity index (χ2v) is 11.4. The third kappa shape index (κ3) is 2.26. The lowest BCUT2D eigenvalue weighted by Gasteiger charge is -2.51. The number of rotatable bonds is 2. The van der Waals surface area contributed by atoms with Crippen LogP contribution in [-0.2, 0) is 16.2 Å². The molecule has 0 saturated heterocycles. The lowest BCUT2D eigenvalue weighted by atomic mass is 9.51. The summed E-state index contributed by atoms with van der Waals surface area (Å²) in [6, 6.07) is 6.44. The second-order valence-electron chi connectivity index (χ2n) is 11.4. The molecular formula is C27H36O4. The van der Waals surface area contributed by atoms with Crippen molar-refractivity contribution in [2.45, 2.75) is 78.1 Å². The SMILES string of the molecule is CC(C)C1(C)CC2(c3cc(O)cc(O)c3C(C)(C(C)C)C2(C)C)c2c(O)cc(O)cc21. The fourth-order valence-corrected chi connectivity index (χ4v) is 7.12. The Bertz CT molecular complexity index is 1080. The summed E-state index contributed by atoms with van der Waals surface area (Å²) in [5.41, 5.74) is 1.76. The van der Waals surface area contributed by atoms with Crippen molar-refractivity contribution in [3.8, 4) is 23.0 Å². The molecule has 31 heavy (non-hydrogen) atoms. The van der Waals surface area contributed by atoms with Gasteiger partial charge in [-0.05, 0) is 52.3 Å². The Labute approximate surface area is 185 Å². The molecule has 4 heteroatoms. The van der Waals surface area contributed by atoms with Crippen LogP contribution in [0.1, 0.15) is 84.1 Å². The van der Waals surface area contributed by atoms with Gasteiger partial charge in [0.15, 0.2) is 0 Å². The average Bonchev–Trinajstić information content (AvgIpc) is 2.99. The average molecular weight is 425 g/mol. The zero-order valence-electron chi connectivity index (χ0n) is 20.0. The summed E-state index contributed by atoms with van der Waals surface area (Å²) in [5, 5.41) is 43.3. The Hall–Kier alpha value is -2.36. The van der Waals surface area contributed by atoms with E-state index in [1.54, 1.807) is 12.1 Å². The largest absolute Gasteiger partial charge is 0.508 e. The zero-order valence-corrected chi connectivity index (χ0v) is 20.0. The highest BCUT2D eigenvalue weighted by molar-refractivity contribution is 5.70. The molecule has 4 N–H and O–H groups in total. The lowest BCUT2D eigenvalue weighted by molar-refractivity contribution is 0.0618. The molecule has 4 rings (SSSR count). The molecule has 2 aliphatic carbocycles. The summed E-state index contributed by atoms with van der Waals surface area (Å²) in [4.78, 5) is 0. The summed E-state index contributed by atoms with van der Waals surface area (Å²) in [6.07, 6.45) is 0.717. The minimum Gasteiger partial charge on any atom is -0.508 e. The second kappa shape index (κ2) is 6.11. The highest BCUT2D eigenvalue weighted by Crippen LogP contribution is 2.75.